The van der Waals surface area contributed by atoms with E-state index in [1.54, 1.807) is 0 Å². The third kappa shape index (κ3) is 7.32. The molecular weight excluding hydrogens is 749 g/mol. The van der Waals surface area contributed by atoms with Gasteiger partial charge in [-0.05, 0) is 35.4 Å². The molecule has 0 unspecified atom stereocenters. The summed E-state index contributed by atoms with van der Waals surface area (Å²) in [6.07, 6.45) is 0. The molecule has 0 aromatic heterocycles. The summed E-state index contributed by atoms with van der Waals surface area (Å²) in [5.41, 5.74) is -2.39. The molecule has 0 spiro atoms. The Hall–Kier alpha value is -5.45. The number of hydrogen-bond donors (Lipinski definition) is 12. The Labute approximate surface area is 238 Å². The van der Waals surface area contributed by atoms with E-state index in [-0.39, 0.29) is 26.2 Å². The molecule has 3 rings (SSSR count). The fraction of sp³-hybridized carbons (Fsp3) is 0. The fourth-order valence-corrected chi connectivity index (χ4v) is 2.36. The first-order valence-electron chi connectivity index (χ1n) is 9.39. The average Bonchev–Trinajstić information content (AvgIpc) is 2.86. The molecule has 19 heteroatoms. The third-order valence-electron chi connectivity index (χ3n) is 4.31. The van der Waals surface area contributed by atoms with Gasteiger partial charge >= 0.3 is 44.1 Å². The Bertz CT molecular complexity index is 1290. The van der Waals surface area contributed by atoms with E-state index in [1.165, 1.54) is 0 Å². The number of carboxylic acids is 3. The van der Waals surface area contributed by atoms with Gasteiger partial charge in [-0.1, -0.05) is 0 Å². The summed E-state index contributed by atoms with van der Waals surface area (Å²) in [5, 5.41) is 137. The van der Waals surface area contributed by atoms with Crippen molar-refractivity contribution in [1.82, 2.24) is 0 Å². The fourth-order valence-electron chi connectivity index (χ4n) is 2.36. The zero-order valence-electron chi connectivity index (χ0n) is 19.0. The van der Waals surface area contributed by atoms with Gasteiger partial charge in [0.25, 0.3) is 0 Å². The van der Waals surface area contributed by atoms with Gasteiger partial charge in [-0.2, -0.15) is 0 Å². The van der Waals surface area contributed by atoms with E-state index in [0.29, 0.717) is 18.2 Å². The van der Waals surface area contributed by atoms with Gasteiger partial charge in [0, 0.05) is 0 Å². The van der Waals surface area contributed by atoms with Crippen molar-refractivity contribution in [2.45, 2.75) is 0 Å². The second-order valence-electron chi connectivity index (χ2n) is 6.82. The van der Waals surface area contributed by atoms with Gasteiger partial charge in [0.2, 0.25) is 0 Å². The number of phenols is 9. The second kappa shape index (κ2) is 13.4. The van der Waals surface area contributed by atoms with Crippen molar-refractivity contribution in [3.05, 3.63) is 34.9 Å². The molecule has 0 saturated carbocycles. The quantitative estimate of drug-likeness (QED) is 0.105. The molecule has 0 fully saturated rings. The molecule has 3 aromatic rings. The summed E-state index contributed by atoms with van der Waals surface area (Å²) in [7, 11) is 0. The minimum Gasteiger partial charge on any atom is -0.869 e. The summed E-state index contributed by atoms with van der Waals surface area (Å²) < 4.78 is 0. The van der Waals surface area contributed by atoms with Crippen LogP contribution < -0.4 is 15.3 Å². The molecule has 40 heavy (non-hydrogen) atoms. The number of rotatable bonds is 3. The maximum Gasteiger partial charge on any atom is 3.00 e. The van der Waals surface area contributed by atoms with Gasteiger partial charge in [0.1, 0.15) is 0 Å². The first kappa shape index (κ1) is 34.6. The third-order valence-corrected chi connectivity index (χ3v) is 4.31. The van der Waals surface area contributed by atoms with Crippen LogP contribution in [0.3, 0.4) is 0 Å². The minimum absolute atomic E-state index is 0. The monoisotopic (exact) mass is 764 g/mol. The molecule has 0 aliphatic rings. The standard InChI is InChI=1S/3C7H6O6.Bi/c3*8-3-1-2(7(12)13)4(9)6(11)5(3)10;/h3*1,8-11H,(H,12,13);/q;;;+3/p-3. The first-order valence-corrected chi connectivity index (χ1v) is 9.39. The van der Waals surface area contributed by atoms with Gasteiger partial charge < -0.3 is 76.6 Å². The summed E-state index contributed by atoms with van der Waals surface area (Å²) in [5.74, 6) is -17.6. The molecule has 3 aromatic carbocycles. The summed E-state index contributed by atoms with van der Waals surface area (Å²) in [6.45, 7) is 0. The van der Waals surface area contributed by atoms with E-state index >= 15 is 0 Å². The van der Waals surface area contributed by atoms with E-state index in [9.17, 15) is 29.7 Å². The van der Waals surface area contributed by atoms with E-state index in [2.05, 4.69) is 0 Å². The van der Waals surface area contributed by atoms with Crippen molar-refractivity contribution in [3.63, 3.8) is 0 Å². The van der Waals surface area contributed by atoms with Crippen molar-refractivity contribution in [1.29, 1.82) is 0 Å². The largest absolute Gasteiger partial charge is 3.00 e. The number of aromatic carboxylic acids is 3. The summed E-state index contributed by atoms with van der Waals surface area (Å²) >= 11 is 0. The van der Waals surface area contributed by atoms with Gasteiger partial charge in [0.05, 0.1) is 16.7 Å². The second-order valence-corrected chi connectivity index (χ2v) is 6.82. The average molecular weight is 764 g/mol. The van der Waals surface area contributed by atoms with Crippen LogP contribution in [-0.4, -0.2) is 105 Å². The van der Waals surface area contributed by atoms with E-state index < -0.39 is 104 Å². The number of benzene rings is 3. The summed E-state index contributed by atoms with van der Waals surface area (Å²) in [4.78, 5) is 31.0. The maximum absolute atomic E-state index is 10.9. The first-order chi connectivity index (χ1) is 17.8. The molecule has 0 aliphatic carbocycles. The van der Waals surface area contributed by atoms with Crippen molar-refractivity contribution >= 4 is 44.1 Å². The van der Waals surface area contributed by atoms with Gasteiger partial charge in [0.15, 0.2) is 51.7 Å². The van der Waals surface area contributed by atoms with Crippen LogP contribution in [0.2, 0.25) is 0 Å². The zero-order chi connectivity index (χ0) is 30.5. The Morgan fingerprint density at radius 1 is 0.425 bits per heavy atom. The van der Waals surface area contributed by atoms with Crippen LogP contribution >= 0.6 is 0 Å². The van der Waals surface area contributed by atoms with E-state index in [0.717, 1.165) is 0 Å². The normalized spacial score (nSPS) is 9.60. The van der Waals surface area contributed by atoms with E-state index in [1.807, 2.05) is 0 Å². The summed E-state index contributed by atoms with van der Waals surface area (Å²) in [6, 6.07) is 1.71. The van der Waals surface area contributed by atoms with Crippen LogP contribution in [0, 0.1) is 0 Å². The smallest absolute Gasteiger partial charge is 0.869 e. The van der Waals surface area contributed by atoms with Gasteiger partial charge in [-0.25, -0.2) is 14.4 Å². The Morgan fingerprint density at radius 2 is 0.600 bits per heavy atom. The number of phenolic OH excluding ortho intramolecular Hbond substituents is 9. The van der Waals surface area contributed by atoms with Crippen LogP contribution in [-0.2, 0) is 0 Å². The van der Waals surface area contributed by atoms with Crippen molar-refractivity contribution in [3.8, 4) is 69.0 Å². The molecule has 0 saturated heterocycles. The molecule has 2 radical (unpaired) electrons. The van der Waals surface area contributed by atoms with Crippen LogP contribution in [0.4, 0.5) is 0 Å². The Kier molecular flexibility index (Phi) is 11.6. The molecule has 212 valence electrons. The predicted molar refractivity (Wildman–Crippen MR) is 119 cm³/mol. The zero-order valence-corrected chi connectivity index (χ0v) is 22.5. The molecule has 0 heterocycles. The molecule has 0 bridgehead atoms. The van der Waals surface area contributed by atoms with Crippen molar-refractivity contribution in [2.75, 3.05) is 0 Å². The number of carbonyl (C=O) groups is 3. The SMILES string of the molecule is O=C(O)c1cc(O)c(O)c(O)c1[O-].O=C(O)c1cc(O)c(O)c(O)c1[O-].O=C(O)c1cc(O)c(O)c(O)c1[O-].[Bi+3]. The molecule has 0 amide bonds. The number of aromatic hydroxyl groups is 9. The molecular formula is C21H15BiO18. The topological polar surface area (TPSA) is 363 Å². The minimum atomic E-state index is -1.59. The molecule has 0 aliphatic heterocycles. The number of hydrogen-bond acceptors (Lipinski definition) is 15. The Morgan fingerprint density at radius 3 is 0.750 bits per heavy atom. The van der Waals surface area contributed by atoms with Crippen LogP contribution in [0.1, 0.15) is 31.1 Å². The van der Waals surface area contributed by atoms with Crippen molar-refractivity contribution in [2.24, 2.45) is 0 Å². The molecule has 0 atom stereocenters. The van der Waals surface area contributed by atoms with Gasteiger partial charge in [-0.15, -0.1) is 0 Å². The van der Waals surface area contributed by atoms with Crippen LogP contribution in [0.5, 0.6) is 69.0 Å². The predicted octanol–water partition coefficient (Wildman–Crippen LogP) is -1.66. The Balaban J connectivity index is 0.000000563. The van der Waals surface area contributed by atoms with Crippen LogP contribution in [0.25, 0.3) is 0 Å². The van der Waals surface area contributed by atoms with Gasteiger partial charge in [-0.3, -0.25) is 0 Å². The van der Waals surface area contributed by atoms with Crippen LogP contribution in [0.15, 0.2) is 18.2 Å². The molecule has 18 nitrogen and oxygen atoms in total. The molecule has 12 N–H and O–H groups in total. The number of carboxylic acid groups (broad SMARTS) is 3. The maximum atomic E-state index is 10.9. The van der Waals surface area contributed by atoms with Crippen molar-refractivity contribution < 1.29 is 91.0 Å². The van der Waals surface area contributed by atoms with E-state index in [4.69, 9.17) is 61.3 Å².